The summed E-state index contributed by atoms with van der Waals surface area (Å²) in [6.45, 7) is 3.81. The van der Waals surface area contributed by atoms with E-state index in [1.807, 2.05) is 24.5 Å². The minimum Gasteiger partial charge on any atom is -0.493 e. The van der Waals surface area contributed by atoms with Crippen LogP contribution in [0.25, 0.3) is 0 Å². The number of ether oxygens (including phenoxy) is 2. The molecule has 0 amide bonds. The van der Waals surface area contributed by atoms with Crippen molar-refractivity contribution in [3.8, 4) is 5.75 Å². The number of hydrogen-bond donors (Lipinski definition) is 2. The Bertz CT molecular complexity index is 456. The molecule has 0 aromatic carbocycles. The maximum absolute atomic E-state index is 11.4. The number of guanidine groups is 1. The van der Waals surface area contributed by atoms with E-state index >= 15 is 0 Å². The fourth-order valence-corrected chi connectivity index (χ4v) is 1.61. The van der Waals surface area contributed by atoms with Crippen LogP contribution in [-0.2, 0) is 16.1 Å². The van der Waals surface area contributed by atoms with E-state index in [0.717, 1.165) is 18.7 Å². The number of nitrogens with two attached hydrogens (primary N) is 2. The summed E-state index contributed by atoms with van der Waals surface area (Å²) in [5.41, 5.74) is 10.3. The van der Waals surface area contributed by atoms with Crippen molar-refractivity contribution < 1.29 is 18.8 Å². The highest BCUT2D eigenvalue weighted by Gasteiger charge is 2.04. The number of carbonyl (C=O) groups excluding carboxylic acids is 1. The van der Waals surface area contributed by atoms with Gasteiger partial charge in [0, 0.05) is 18.6 Å². The number of carbonyl (C=O) groups is 1. The predicted molar refractivity (Wildman–Crippen MR) is 78.7 cm³/mol. The Balaban J connectivity index is 2.17. The standard InChI is InChI=1S/C14H23N4O3/c1-2-7-18-8-3-12(4-9-18)20-10-5-13(19)21-11-6-17-14(15)16/h3-4,8-9H,2,5-7,10-11H2,1H3,(H4,15,16,17)/q+1. The summed E-state index contributed by atoms with van der Waals surface area (Å²) in [7, 11) is 0. The molecule has 0 aliphatic carbocycles. The van der Waals surface area contributed by atoms with E-state index in [9.17, 15) is 4.79 Å². The fraction of sp³-hybridized carbons (Fsp3) is 0.500. The molecule has 0 bridgehead atoms. The van der Waals surface area contributed by atoms with Crippen molar-refractivity contribution in [1.82, 2.24) is 0 Å². The van der Waals surface area contributed by atoms with Gasteiger partial charge in [0.15, 0.2) is 18.4 Å². The van der Waals surface area contributed by atoms with Gasteiger partial charge in [0.05, 0.1) is 19.6 Å². The first kappa shape index (κ1) is 16.7. The summed E-state index contributed by atoms with van der Waals surface area (Å²) in [5.74, 6) is 0.382. The number of nitrogens with zero attached hydrogens (tertiary/aromatic N) is 2. The van der Waals surface area contributed by atoms with Crippen LogP contribution < -0.4 is 20.8 Å². The average Bonchev–Trinajstić information content (AvgIpc) is 2.46. The molecule has 116 valence electrons. The third kappa shape index (κ3) is 7.76. The van der Waals surface area contributed by atoms with Crippen molar-refractivity contribution >= 4 is 11.9 Å². The average molecular weight is 295 g/mol. The molecule has 0 radical (unpaired) electrons. The van der Waals surface area contributed by atoms with Crippen molar-refractivity contribution in [2.75, 3.05) is 19.8 Å². The molecule has 7 nitrogen and oxygen atoms in total. The molecule has 4 N–H and O–H groups in total. The number of aromatic nitrogens is 1. The van der Waals surface area contributed by atoms with Crippen molar-refractivity contribution in [3.63, 3.8) is 0 Å². The van der Waals surface area contributed by atoms with Crippen LogP contribution in [-0.4, -0.2) is 31.7 Å². The molecule has 0 aliphatic rings. The minimum absolute atomic E-state index is 0.0150. The highest BCUT2D eigenvalue weighted by molar-refractivity contribution is 5.75. The van der Waals surface area contributed by atoms with Crippen LogP contribution >= 0.6 is 0 Å². The molecule has 0 fully saturated rings. The van der Waals surface area contributed by atoms with Crippen LogP contribution in [0.1, 0.15) is 19.8 Å². The van der Waals surface area contributed by atoms with Crippen LogP contribution in [0.5, 0.6) is 5.75 Å². The van der Waals surface area contributed by atoms with E-state index in [-0.39, 0.29) is 38.1 Å². The van der Waals surface area contributed by atoms with Crippen LogP contribution in [0.15, 0.2) is 29.5 Å². The molecule has 0 saturated carbocycles. The normalized spacial score (nSPS) is 9.95. The van der Waals surface area contributed by atoms with Crippen molar-refractivity contribution in [2.45, 2.75) is 26.3 Å². The maximum atomic E-state index is 11.4. The van der Waals surface area contributed by atoms with Gasteiger partial charge in [-0.3, -0.25) is 9.79 Å². The Morgan fingerprint density at radius 1 is 1.29 bits per heavy atom. The van der Waals surface area contributed by atoms with E-state index in [2.05, 4.69) is 16.5 Å². The van der Waals surface area contributed by atoms with Crippen LogP contribution in [0.2, 0.25) is 0 Å². The maximum Gasteiger partial charge on any atom is 0.309 e. The lowest BCUT2D eigenvalue weighted by Gasteiger charge is -2.06. The lowest BCUT2D eigenvalue weighted by molar-refractivity contribution is -0.697. The molecular formula is C14H23N4O3+. The van der Waals surface area contributed by atoms with Gasteiger partial charge in [0.1, 0.15) is 18.9 Å². The fourth-order valence-electron chi connectivity index (χ4n) is 1.61. The van der Waals surface area contributed by atoms with E-state index in [1.54, 1.807) is 0 Å². The quantitative estimate of drug-likeness (QED) is 0.219. The molecule has 0 saturated heterocycles. The van der Waals surface area contributed by atoms with E-state index in [4.69, 9.17) is 20.9 Å². The van der Waals surface area contributed by atoms with Gasteiger partial charge in [-0.2, -0.15) is 0 Å². The van der Waals surface area contributed by atoms with Gasteiger partial charge in [-0.1, -0.05) is 6.92 Å². The molecule has 1 heterocycles. The first-order valence-electron chi connectivity index (χ1n) is 6.94. The largest absolute Gasteiger partial charge is 0.493 e. The topological polar surface area (TPSA) is 104 Å². The number of pyridine rings is 1. The molecule has 0 aliphatic heterocycles. The van der Waals surface area contributed by atoms with Gasteiger partial charge in [0.25, 0.3) is 0 Å². The lowest BCUT2D eigenvalue weighted by Crippen LogP contribution is -2.31. The highest BCUT2D eigenvalue weighted by atomic mass is 16.5. The Kier molecular flexibility index (Phi) is 7.63. The molecule has 7 heteroatoms. The number of aryl methyl sites for hydroxylation is 1. The summed E-state index contributed by atoms with van der Waals surface area (Å²) in [4.78, 5) is 15.1. The number of hydrogen-bond acceptors (Lipinski definition) is 4. The third-order valence-corrected chi connectivity index (χ3v) is 2.57. The van der Waals surface area contributed by atoms with Crippen LogP contribution in [0.4, 0.5) is 0 Å². The molecule has 1 aromatic rings. The van der Waals surface area contributed by atoms with Crippen LogP contribution in [0.3, 0.4) is 0 Å². The zero-order valence-electron chi connectivity index (χ0n) is 12.3. The molecule has 0 spiro atoms. The number of esters is 1. The first-order valence-corrected chi connectivity index (χ1v) is 6.94. The van der Waals surface area contributed by atoms with Gasteiger partial charge in [-0.05, 0) is 0 Å². The second-order valence-corrected chi connectivity index (χ2v) is 4.40. The van der Waals surface area contributed by atoms with E-state index < -0.39 is 0 Å². The monoisotopic (exact) mass is 295 g/mol. The molecule has 0 unspecified atom stereocenters. The molecular weight excluding hydrogens is 272 g/mol. The summed E-state index contributed by atoms with van der Waals surface area (Å²) in [5, 5.41) is 0. The SMILES string of the molecule is CCC[n+]1ccc(OCCC(=O)OCCN=C(N)N)cc1. The second-order valence-electron chi connectivity index (χ2n) is 4.40. The summed E-state index contributed by atoms with van der Waals surface area (Å²) in [6, 6.07) is 3.75. The zero-order chi connectivity index (χ0) is 15.5. The zero-order valence-corrected chi connectivity index (χ0v) is 12.3. The Morgan fingerprint density at radius 3 is 2.62 bits per heavy atom. The van der Waals surface area contributed by atoms with Gasteiger partial charge in [0.2, 0.25) is 0 Å². The summed E-state index contributed by atoms with van der Waals surface area (Å²) < 4.78 is 12.5. The highest BCUT2D eigenvalue weighted by Crippen LogP contribution is 2.06. The van der Waals surface area contributed by atoms with E-state index in [0.29, 0.717) is 0 Å². The van der Waals surface area contributed by atoms with Gasteiger partial charge < -0.3 is 20.9 Å². The molecule has 1 rings (SSSR count). The Labute approximate surface area is 124 Å². The predicted octanol–water partition coefficient (Wildman–Crippen LogP) is -0.0304. The molecule has 0 atom stereocenters. The van der Waals surface area contributed by atoms with Crippen molar-refractivity contribution in [2.24, 2.45) is 16.5 Å². The summed E-state index contributed by atoms with van der Waals surface area (Å²) >= 11 is 0. The van der Waals surface area contributed by atoms with E-state index in [1.165, 1.54) is 0 Å². The van der Waals surface area contributed by atoms with Crippen molar-refractivity contribution in [1.29, 1.82) is 0 Å². The summed E-state index contributed by atoms with van der Waals surface area (Å²) in [6.07, 6.45) is 5.17. The second kappa shape index (κ2) is 9.57. The minimum atomic E-state index is -0.335. The van der Waals surface area contributed by atoms with Gasteiger partial charge in [-0.25, -0.2) is 4.57 Å². The van der Waals surface area contributed by atoms with Crippen LogP contribution in [0, 0.1) is 0 Å². The third-order valence-electron chi connectivity index (χ3n) is 2.57. The Morgan fingerprint density at radius 2 is 2.00 bits per heavy atom. The van der Waals surface area contributed by atoms with Gasteiger partial charge >= 0.3 is 5.97 Å². The molecule has 1 aromatic heterocycles. The first-order chi connectivity index (χ1) is 10.1. The van der Waals surface area contributed by atoms with Gasteiger partial charge in [-0.15, -0.1) is 0 Å². The number of rotatable bonds is 9. The molecule has 21 heavy (non-hydrogen) atoms. The lowest BCUT2D eigenvalue weighted by atomic mass is 10.4. The smallest absolute Gasteiger partial charge is 0.309 e. The Hall–Kier alpha value is -2.31. The van der Waals surface area contributed by atoms with Crippen molar-refractivity contribution in [3.05, 3.63) is 24.5 Å². The number of aliphatic imine (C=N–C) groups is 1.